The molecule has 0 amide bonds. The van der Waals surface area contributed by atoms with Crippen molar-refractivity contribution >= 4 is 0 Å². The Balaban J connectivity index is 1.69. The zero-order valence-corrected chi connectivity index (χ0v) is 15.8. The van der Waals surface area contributed by atoms with E-state index >= 15 is 0 Å². The lowest BCUT2D eigenvalue weighted by atomic mass is 10.0. The molecule has 0 spiro atoms. The normalized spacial score (nSPS) is 20.6. The maximum atomic E-state index is 14.2. The van der Waals surface area contributed by atoms with E-state index in [1.165, 1.54) is 31.7 Å². The monoisotopic (exact) mass is 352 g/mol. The molecular weight excluding hydrogens is 319 g/mol. The maximum Gasteiger partial charge on any atom is 0.157 e. The highest BCUT2D eigenvalue weighted by Gasteiger charge is 2.22. The molecule has 0 aliphatic carbocycles. The van der Waals surface area contributed by atoms with E-state index in [1.54, 1.807) is 0 Å². The van der Waals surface area contributed by atoms with Crippen LogP contribution >= 0.6 is 0 Å². The van der Waals surface area contributed by atoms with Crippen LogP contribution in [-0.2, 0) is 15.9 Å². The summed E-state index contributed by atoms with van der Waals surface area (Å²) in [5.41, 5.74) is 0.695. The summed E-state index contributed by atoms with van der Waals surface area (Å²) in [6, 6.07) is 5.14. The first kappa shape index (κ1) is 20.2. The standard InChI is InChI=1S/C21H33FO3/c1-3-5-7-8-17-15-24-21(25-16-17)12-10-18-9-11-19(14-20(18)22)23-13-6-4-2/h9,11,14,17,21H,3-8,10,12-13,15-16H2,1-2H3. The number of ether oxygens (including phenoxy) is 3. The van der Waals surface area contributed by atoms with Gasteiger partial charge >= 0.3 is 0 Å². The highest BCUT2D eigenvalue weighted by Crippen LogP contribution is 2.22. The van der Waals surface area contributed by atoms with Gasteiger partial charge in [0.25, 0.3) is 0 Å². The molecular formula is C21H33FO3. The van der Waals surface area contributed by atoms with Crippen LogP contribution in [-0.4, -0.2) is 26.1 Å². The molecule has 0 bridgehead atoms. The van der Waals surface area contributed by atoms with E-state index in [0.717, 1.165) is 26.1 Å². The molecule has 0 unspecified atom stereocenters. The van der Waals surface area contributed by atoms with E-state index in [4.69, 9.17) is 14.2 Å². The molecule has 0 radical (unpaired) electrons. The van der Waals surface area contributed by atoms with Crippen LogP contribution in [0, 0.1) is 11.7 Å². The number of hydrogen-bond donors (Lipinski definition) is 0. The first-order chi connectivity index (χ1) is 12.2. The maximum absolute atomic E-state index is 14.2. The van der Waals surface area contributed by atoms with Crippen LogP contribution in [0.1, 0.15) is 64.4 Å². The fourth-order valence-electron chi connectivity index (χ4n) is 3.03. The molecule has 0 N–H and O–H groups in total. The molecule has 0 saturated carbocycles. The first-order valence-corrected chi connectivity index (χ1v) is 9.87. The van der Waals surface area contributed by atoms with Gasteiger partial charge in [0.1, 0.15) is 11.6 Å². The molecule has 142 valence electrons. The van der Waals surface area contributed by atoms with Crippen molar-refractivity contribution in [2.24, 2.45) is 5.92 Å². The number of benzene rings is 1. The number of hydrogen-bond acceptors (Lipinski definition) is 3. The minimum atomic E-state index is -0.206. The molecule has 0 atom stereocenters. The van der Waals surface area contributed by atoms with Gasteiger partial charge in [-0.15, -0.1) is 0 Å². The Hall–Kier alpha value is -1.13. The molecule has 2 rings (SSSR count). The Morgan fingerprint density at radius 1 is 1.04 bits per heavy atom. The summed E-state index contributed by atoms with van der Waals surface area (Å²) in [5, 5.41) is 0. The van der Waals surface area contributed by atoms with Crippen LogP contribution in [0.5, 0.6) is 5.75 Å². The zero-order chi connectivity index (χ0) is 17.9. The highest BCUT2D eigenvalue weighted by atomic mass is 19.1. The fourth-order valence-corrected chi connectivity index (χ4v) is 3.03. The first-order valence-electron chi connectivity index (χ1n) is 9.87. The van der Waals surface area contributed by atoms with Crippen molar-refractivity contribution in [2.45, 2.75) is 71.5 Å². The van der Waals surface area contributed by atoms with Gasteiger partial charge in [-0.1, -0.05) is 45.6 Å². The molecule has 1 fully saturated rings. The predicted molar refractivity (Wildman–Crippen MR) is 98.4 cm³/mol. The van der Waals surface area contributed by atoms with E-state index in [2.05, 4.69) is 13.8 Å². The fraction of sp³-hybridized carbons (Fsp3) is 0.714. The smallest absolute Gasteiger partial charge is 0.157 e. The molecule has 1 heterocycles. The SMILES string of the molecule is CCCCCC1COC(CCc2ccc(OCCCC)cc2F)OC1. The lowest BCUT2D eigenvalue weighted by Crippen LogP contribution is -2.32. The second-order valence-electron chi connectivity index (χ2n) is 6.95. The van der Waals surface area contributed by atoms with Crippen LogP contribution in [0.3, 0.4) is 0 Å². The summed E-state index contributed by atoms with van der Waals surface area (Å²) in [6.07, 6.45) is 8.09. The number of unbranched alkanes of at least 4 members (excludes halogenated alkanes) is 3. The van der Waals surface area contributed by atoms with Gasteiger partial charge in [0.2, 0.25) is 0 Å². The van der Waals surface area contributed by atoms with Gasteiger partial charge in [-0.3, -0.25) is 0 Å². The average Bonchev–Trinajstić information content (AvgIpc) is 2.62. The molecule has 1 aromatic rings. The van der Waals surface area contributed by atoms with Crippen LogP contribution in [0.25, 0.3) is 0 Å². The Morgan fingerprint density at radius 3 is 2.48 bits per heavy atom. The van der Waals surface area contributed by atoms with Crippen molar-refractivity contribution < 1.29 is 18.6 Å². The van der Waals surface area contributed by atoms with E-state index in [0.29, 0.717) is 36.7 Å². The molecule has 1 aliphatic heterocycles. The van der Waals surface area contributed by atoms with Crippen molar-refractivity contribution in [3.63, 3.8) is 0 Å². The Labute approximate surface area is 151 Å². The van der Waals surface area contributed by atoms with Gasteiger partial charge in [0, 0.05) is 18.4 Å². The van der Waals surface area contributed by atoms with Gasteiger partial charge in [-0.2, -0.15) is 0 Å². The van der Waals surface area contributed by atoms with Gasteiger partial charge in [0.15, 0.2) is 6.29 Å². The van der Waals surface area contributed by atoms with Crippen LogP contribution in [0.15, 0.2) is 18.2 Å². The second-order valence-corrected chi connectivity index (χ2v) is 6.95. The van der Waals surface area contributed by atoms with Crippen molar-refractivity contribution in [1.29, 1.82) is 0 Å². The predicted octanol–water partition coefficient (Wildman–Crippen LogP) is 5.51. The van der Waals surface area contributed by atoms with Crippen molar-refractivity contribution in [1.82, 2.24) is 0 Å². The van der Waals surface area contributed by atoms with Crippen molar-refractivity contribution in [3.05, 3.63) is 29.6 Å². The largest absolute Gasteiger partial charge is 0.493 e. The minimum absolute atomic E-state index is 0.206. The third-order valence-corrected chi connectivity index (χ3v) is 4.69. The lowest BCUT2D eigenvalue weighted by Gasteiger charge is -2.29. The number of aryl methyl sites for hydroxylation is 1. The molecule has 3 nitrogen and oxygen atoms in total. The minimum Gasteiger partial charge on any atom is -0.493 e. The summed E-state index contributed by atoms with van der Waals surface area (Å²) in [7, 11) is 0. The molecule has 1 saturated heterocycles. The van der Waals surface area contributed by atoms with Gasteiger partial charge in [-0.25, -0.2) is 4.39 Å². The summed E-state index contributed by atoms with van der Waals surface area (Å²) in [5.74, 6) is 0.913. The van der Waals surface area contributed by atoms with E-state index < -0.39 is 0 Å². The molecule has 1 aliphatic rings. The topological polar surface area (TPSA) is 27.7 Å². The second kappa shape index (κ2) is 11.5. The summed E-state index contributed by atoms with van der Waals surface area (Å²) >= 11 is 0. The van der Waals surface area contributed by atoms with E-state index in [9.17, 15) is 4.39 Å². The van der Waals surface area contributed by atoms with Gasteiger partial charge in [-0.05, 0) is 30.9 Å². The molecule has 25 heavy (non-hydrogen) atoms. The van der Waals surface area contributed by atoms with Crippen LogP contribution in [0.4, 0.5) is 4.39 Å². The summed E-state index contributed by atoms with van der Waals surface area (Å²) in [4.78, 5) is 0. The molecule has 4 heteroatoms. The van der Waals surface area contributed by atoms with Crippen LogP contribution < -0.4 is 4.74 Å². The average molecular weight is 352 g/mol. The third kappa shape index (κ3) is 7.33. The molecule has 0 aromatic heterocycles. The summed E-state index contributed by atoms with van der Waals surface area (Å²) in [6.45, 7) is 6.49. The Bertz CT molecular complexity index is 484. The number of rotatable bonds is 11. The third-order valence-electron chi connectivity index (χ3n) is 4.69. The van der Waals surface area contributed by atoms with E-state index in [1.807, 2.05) is 12.1 Å². The Morgan fingerprint density at radius 2 is 1.80 bits per heavy atom. The van der Waals surface area contributed by atoms with Crippen molar-refractivity contribution in [2.75, 3.05) is 19.8 Å². The van der Waals surface area contributed by atoms with Crippen LogP contribution in [0.2, 0.25) is 0 Å². The zero-order valence-electron chi connectivity index (χ0n) is 15.8. The van der Waals surface area contributed by atoms with Crippen molar-refractivity contribution in [3.8, 4) is 5.75 Å². The Kier molecular flexibility index (Phi) is 9.27. The lowest BCUT2D eigenvalue weighted by molar-refractivity contribution is -0.203. The quantitative estimate of drug-likeness (QED) is 0.492. The highest BCUT2D eigenvalue weighted by molar-refractivity contribution is 5.29. The van der Waals surface area contributed by atoms with E-state index in [-0.39, 0.29) is 12.1 Å². The van der Waals surface area contributed by atoms with Gasteiger partial charge in [0.05, 0.1) is 19.8 Å². The molecule has 1 aromatic carbocycles. The van der Waals surface area contributed by atoms with Gasteiger partial charge < -0.3 is 14.2 Å². The summed E-state index contributed by atoms with van der Waals surface area (Å²) < 4.78 is 31.3. The number of halogens is 1.